The predicted molar refractivity (Wildman–Crippen MR) is 171 cm³/mol. The van der Waals surface area contributed by atoms with Crippen LogP contribution in [0.15, 0.2) is 0 Å². The first-order chi connectivity index (χ1) is 16.8. The van der Waals surface area contributed by atoms with Gasteiger partial charge >= 0.3 is 0 Å². The molecule has 0 radical (unpaired) electrons. The zero-order chi connectivity index (χ0) is 27.2. The number of hydrogen-bond donors (Lipinski definition) is 1. The number of unbranched alkanes of at least 4 members (excludes halogenated alkanes) is 1. The molecule has 4 nitrogen and oxygen atoms in total. The Balaban J connectivity index is 2.02. The maximum Gasteiger partial charge on any atom is 0.0835 e. The van der Waals surface area contributed by atoms with Crippen molar-refractivity contribution in [2.75, 3.05) is 66.8 Å². The molecule has 0 saturated heterocycles. The molecule has 0 aromatic heterocycles. The third-order valence-corrected chi connectivity index (χ3v) is 8.70. The van der Waals surface area contributed by atoms with Gasteiger partial charge in [-0.05, 0) is 37.5 Å². The van der Waals surface area contributed by atoms with E-state index >= 15 is 0 Å². The number of rotatable bonds is 16. The zero-order valence-corrected chi connectivity index (χ0v) is 26.9. The molecule has 0 spiro atoms. The summed E-state index contributed by atoms with van der Waals surface area (Å²) in [5.41, 5.74) is 4.73. The van der Waals surface area contributed by atoms with Crippen molar-refractivity contribution in [2.45, 2.75) is 73.6 Å². The Kier molecular flexibility index (Phi) is 11.9. The van der Waals surface area contributed by atoms with Gasteiger partial charge in [0.05, 0.1) is 40.8 Å². The van der Waals surface area contributed by atoms with Crippen LogP contribution in [0.3, 0.4) is 0 Å². The van der Waals surface area contributed by atoms with Crippen LogP contribution >= 0.6 is 48.9 Å². The lowest BCUT2D eigenvalue weighted by molar-refractivity contribution is 0.367. The molecule has 0 aliphatic carbocycles. The van der Waals surface area contributed by atoms with Crippen molar-refractivity contribution in [3.63, 3.8) is 0 Å². The van der Waals surface area contributed by atoms with Gasteiger partial charge in [0, 0.05) is 46.8 Å². The molecule has 36 heavy (non-hydrogen) atoms. The Morgan fingerprint density at radius 1 is 0.750 bits per heavy atom. The molecular formula is C28H46N4S4. The van der Waals surface area contributed by atoms with E-state index in [0.29, 0.717) is 5.41 Å². The lowest BCUT2D eigenvalue weighted by atomic mass is 9.90. The second-order valence-corrected chi connectivity index (χ2v) is 13.3. The number of anilines is 4. The highest BCUT2D eigenvalue weighted by Crippen LogP contribution is 2.39. The van der Waals surface area contributed by atoms with E-state index in [-0.39, 0.29) is 0 Å². The van der Waals surface area contributed by atoms with Crippen LogP contribution in [0.4, 0.5) is 22.7 Å². The minimum atomic E-state index is 0.342. The van der Waals surface area contributed by atoms with Gasteiger partial charge in [0.2, 0.25) is 0 Å². The summed E-state index contributed by atoms with van der Waals surface area (Å²) in [7, 11) is 4.25. The molecule has 0 aliphatic heterocycles. The third kappa shape index (κ3) is 8.02. The van der Waals surface area contributed by atoms with Crippen LogP contribution in [0.25, 0.3) is 0 Å². The Labute approximate surface area is 240 Å². The maximum absolute atomic E-state index is 5.70. The highest BCUT2D eigenvalue weighted by atomic mass is 32.1. The van der Waals surface area contributed by atoms with E-state index in [0.717, 1.165) is 92.3 Å². The van der Waals surface area contributed by atoms with Crippen LogP contribution in [0.2, 0.25) is 0 Å². The van der Waals surface area contributed by atoms with E-state index in [4.69, 9.17) is 48.9 Å². The monoisotopic (exact) mass is 566 g/mol. The Bertz CT molecular complexity index is 1130. The molecule has 0 saturated carbocycles. The van der Waals surface area contributed by atoms with E-state index in [1.54, 1.807) is 0 Å². The van der Waals surface area contributed by atoms with Gasteiger partial charge in [0.25, 0.3) is 0 Å². The highest BCUT2D eigenvalue weighted by Gasteiger charge is 2.24. The molecular weight excluding hydrogens is 521 g/mol. The van der Waals surface area contributed by atoms with Crippen molar-refractivity contribution in [1.82, 2.24) is 0 Å². The van der Waals surface area contributed by atoms with E-state index < -0.39 is 0 Å². The van der Waals surface area contributed by atoms with Crippen LogP contribution < -0.4 is 20.0 Å². The summed E-state index contributed by atoms with van der Waals surface area (Å²) in [6.07, 6.45) is 5.97. The van der Waals surface area contributed by atoms with E-state index in [9.17, 15) is 0 Å². The first-order valence-electron chi connectivity index (χ1n) is 13.4. The highest BCUT2D eigenvalue weighted by molar-refractivity contribution is 7.74. The quantitative estimate of drug-likeness (QED) is 0.159. The van der Waals surface area contributed by atoms with Gasteiger partial charge in [-0.15, -0.1) is 0 Å². The largest absolute Gasteiger partial charge is 0.382 e. The molecule has 0 atom stereocenters. The molecule has 2 rings (SSSR count). The van der Waals surface area contributed by atoms with Crippen molar-refractivity contribution in [2.24, 2.45) is 11.3 Å². The third-order valence-electron chi connectivity index (χ3n) is 6.84. The van der Waals surface area contributed by atoms with Crippen LogP contribution in [-0.2, 0) is 0 Å². The summed E-state index contributed by atoms with van der Waals surface area (Å²) in [6.45, 7) is 18.1. The summed E-state index contributed by atoms with van der Waals surface area (Å²) in [6, 6.07) is 0. The second-order valence-electron chi connectivity index (χ2n) is 11.6. The molecule has 0 amide bonds. The molecule has 0 heterocycles. The number of nitrogens with zero attached hydrogens (tertiary/aromatic N) is 3. The number of nitrogens with one attached hydrogen (secondary N) is 1. The first-order valence-corrected chi connectivity index (χ1v) is 15.0. The standard InChI is InChI=1S/C28H46N4S4/c1-9-32(23-22(26(35)27(23)36)30(7)16-12-14-28(4,5)6)18-17-31(8)21-20(24(33)25(21)34)29-15-11-10-13-19(2)3/h19,29H,9-18H2,1-8H3. The topological polar surface area (TPSA) is 21.8 Å². The van der Waals surface area contributed by atoms with Gasteiger partial charge in [-0.1, -0.05) is 96.3 Å². The molecule has 0 fully saturated rings. The molecule has 2 aromatic carbocycles. The fraction of sp³-hybridized carbons (Fsp3) is 0.714. The smallest absolute Gasteiger partial charge is 0.0835 e. The Morgan fingerprint density at radius 3 is 1.92 bits per heavy atom. The van der Waals surface area contributed by atoms with Crippen molar-refractivity contribution in [1.29, 1.82) is 0 Å². The van der Waals surface area contributed by atoms with Gasteiger partial charge in [-0.2, -0.15) is 0 Å². The molecule has 202 valence electrons. The second kappa shape index (κ2) is 13.7. The molecule has 0 unspecified atom stereocenters. The van der Waals surface area contributed by atoms with Crippen molar-refractivity contribution in [3.05, 3.63) is 18.0 Å². The van der Waals surface area contributed by atoms with Crippen molar-refractivity contribution >= 4 is 71.6 Å². The van der Waals surface area contributed by atoms with Crippen LogP contribution in [0.5, 0.6) is 0 Å². The normalized spacial score (nSPS) is 12.0. The zero-order valence-electron chi connectivity index (χ0n) is 23.6. The minimum absolute atomic E-state index is 0.342. The van der Waals surface area contributed by atoms with Gasteiger partial charge in [0.15, 0.2) is 0 Å². The molecule has 1 N–H and O–H groups in total. The fourth-order valence-electron chi connectivity index (χ4n) is 4.58. The summed E-state index contributed by atoms with van der Waals surface area (Å²) in [5, 5.41) is 3.56. The van der Waals surface area contributed by atoms with E-state index in [1.807, 2.05) is 0 Å². The van der Waals surface area contributed by atoms with Gasteiger partial charge in [-0.3, -0.25) is 0 Å². The Morgan fingerprint density at radius 2 is 1.33 bits per heavy atom. The van der Waals surface area contributed by atoms with E-state index in [1.165, 1.54) is 19.3 Å². The summed E-state index contributed by atoms with van der Waals surface area (Å²) in [4.78, 5) is 6.91. The molecule has 0 bridgehead atoms. The van der Waals surface area contributed by atoms with Crippen molar-refractivity contribution < 1.29 is 0 Å². The van der Waals surface area contributed by atoms with Crippen LogP contribution in [0.1, 0.15) is 73.6 Å². The van der Waals surface area contributed by atoms with Crippen LogP contribution in [0, 0.1) is 29.4 Å². The Hall–Kier alpha value is -0.960. The number of likely N-dealkylation sites (N-methyl/N-ethyl adjacent to an activating group) is 2. The van der Waals surface area contributed by atoms with Gasteiger partial charge in [0.1, 0.15) is 0 Å². The lowest BCUT2D eigenvalue weighted by Crippen LogP contribution is -2.36. The molecule has 8 heteroatoms. The SMILES string of the molecule is CCN(CCN(C)c1c(NCCCCC(C)C)c(=S)c1=S)c1c(N(C)CCCC(C)(C)C)c(=S)c1=S. The molecule has 2 aromatic rings. The average molecular weight is 567 g/mol. The summed E-state index contributed by atoms with van der Waals surface area (Å²) in [5.74, 6) is 0.751. The summed E-state index contributed by atoms with van der Waals surface area (Å²) >= 11 is 22.5. The van der Waals surface area contributed by atoms with Gasteiger partial charge < -0.3 is 20.0 Å². The lowest BCUT2D eigenvalue weighted by Gasteiger charge is -2.35. The number of hydrogen-bond acceptors (Lipinski definition) is 8. The maximum atomic E-state index is 5.70. The predicted octanol–water partition coefficient (Wildman–Crippen LogP) is 8.82. The fourth-order valence-corrected chi connectivity index (χ4v) is 5.88. The van der Waals surface area contributed by atoms with E-state index in [2.05, 4.69) is 75.7 Å². The molecule has 0 aliphatic rings. The summed E-state index contributed by atoms with van der Waals surface area (Å²) < 4.78 is 3.27. The minimum Gasteiger partial charge on any atom is -0.382 e. The van der Waals surface area contributed by atoms with Crippen LogP contribution in [-0.4, -0.2) is 46.8 Å². The van der Waals surface area contributed by atoms with Gasteiger partial charge in [-0.25, -0.2) is 0 Å². The average Bonchev–Trinajstić information content (AvgIpc) is 2.80. The first kappa shape index (κ1) is 31.3. The van der Waals surface area contributed by atoms with Crippen molar-refractivity contribution in [3.8, 4) is 0 Å².